The van der Waals surface area contributed by atoms with Gasteiger partial charge in [0.2, 0.25) is 0 Å². The molecule has 4 rings (SSSR count). The number of carbonyl (C=O) groups excluding carboxylic acids is 1. The van der Waals surface area contributed by atoms with Gasteiger partial charge in [-0.2, -0.15) is 0 Å². The summed E-state index contributed by atoms with van der Waals surface area (Å²) in [6, 6.07) is 13.8. The first-order valence-electron chi connectivity index (χ1n) is 8.67. The second kappa shape index (κ2) is 7.26. The molecule has 1 amide bonds. The highest BCUT2D eigenvalue weighted by atomic mass is 19.1. The molecule has 1 aliphatic heterocycles. The number of methoxy groups -OCH3 is 1. The van der Waals surface area contributed by atoms with Crippen molar-refractivity contribution in [2.75, 3.05) is 12.4 Å². The molecule has 28 heavy (non-hydrogen) atoms. The van der Waals surface area contributed by atoms with Crippen molar-refractivity contribution in [3.63, 3.8) is 0 Å². The van der Waals surface area contributed by atoms with Crippen LogP contribution in [0.25, 0.3) is 0 Å². The monoisotopic (exact) mass is 381 g/mol. The van der Waals surface area contributed by atoms with Gasteiger partial charge in [-0.3, -0.25) is 9.78 Å². The number of amides is 1. The van der Waals surface area contributed by atoms with Crippen LogP contribution in [0, 0.1) is 11.6 Å². The molecule has 142 valence electrons. The Balaban J connectivity index is 1.68. The molecule has 1 aliphatic rings. The van der Waals surface area contributed by atoms with E-state index in [0.29, 0.717) is 17.0 Å². The molecule has 0 saturated heterocycles. The number of hydrogen-bond acceptors (Lipinski definition) is 4. The molecule has 0 bridgehead atoms. The zero-order valence-corrected chi connectivity index (χ0v) is 15.0. The zero-order chi connectivity index (χ0) is 19.7. The van der Waals surface area contributed by atoms with E-state index in [9.17, 15) is 13.6 Å². The van der Waals surface area contributed by atoms with Crippen LogP contribution in [0.2, 0.25) is 0 Å². The van der Waals surface area contributed by atoms with Gasteiger partial charge in [-0.05, 0) is 42.0 Å². The third-order valence-electron chi connectivity index (χ3n) is 4.63. The fraction of sp³-hybridized carbons (Fsp3) is 0.143. The maximum atomic E-state index is 14.2. The minimum atomic E-state index is -0.720. The summed E-state index contributed by atoms with van der Waals surface area (Å²) in [4.78, 5) is 18.8. The number of anilines is 1. The van der Waals surface area contributed by atoms with Gasteiger partial charge in [-0.15, -0.1) is 0 Å². The SMILES string of the molecule is COc1ccc(CN2C(=O)c3cccnc3C2Nc2cc(F)ccc2F)cc1. The average molecular weight is 381 g/mol. The zero-order valence-electron chi connectivity index (χ0n) is 15.0. The van der Waals surface area contributed by atoms with E-state index in [-0.39, 0.29) is 18.1 Å². The van der Waals surface area contributed by atoms with Gasteiger partial charge in [0.05, 0.1) is 24.1 Å². The van der Waals surface area contributed by atoms with Crippen molar-refractivity contribution < 1.29 is 18.3 Å². The first kappa shape index (κ1) is 17.9. The molecule has 0 saturated carbocycles. The molecular formula is C21H17F2N3O2. The lowest BCUT2D eigenvalue weighted by atomic mass is 10.2. The largest absolute Gasteiger partial charge is 0.497 e. The van der Waals surface area contributed by atoms with E-state index >= 15 is 0 Å². The summed E-state index contributed by atoms with van der Waals surface area (Å²) in [7, 11) is 1.58. The second-order valence-corrected chi connectivity index (χ2v) is 6.39. The normalized spacial score (nSPS) is 15.5. The van der Waals surface area contributed by atoms with Gasteiger partial charge in [0, 0.05) is 18.8 Å². The van der Waals surface area contributed by atoms with Crippen molar-refractivity contribution in [2.24, 2.45) is 0 Å². The maximum absolute atomic E-state index is 14.2. The summed E-state index contributed by atoms with van der Waals surface area (Å²) in [5.74, 6) is -0.704. The number of halogens is 2. The van der Waals surface area contributed by atoms with Crippen LogP contribution in [0.15, 0.2) is 60.8 Å². The number of carbonyl (C=O) groups is 1. The molecule has 7 heteroatoms. The lowest BCUT2D eigenvalue weighted by molar-refractivity contribution is 0.0727. The third-order valence-corrected chi connectivity index (χ3v) is 4.63. The van der Waals surface area contributed by atoms with Gasteiger partial charge < -0.3 is 15.0 Å². The van der Waals surface area contributed by atoms with Crippen molar-refractivity contribution >= 4 is 11.6 Å². The van der Waals surface area contributed by atoms with Crippen LogP contribution in [-0.4, -0.2) is 22.9 Å². The molecule has 0 fully saturated rings. The number of fused-ring (bicyclic) bond motifs is 1. The minimum Gasteiger partial charge on any atom is -0.497 e. The van der Waals surface area contributed by atoms with Crippen molar-refractivity contribution in [3.8, 4) is 5.75 Å². The van der Waals surface area contributed by atoms with E-state index in [0.717, 1.165) is 23.8 Å². The van der Waals surface area contributed by atoms with Crippen LogP contribution in [-0.2, 0) is 6.54 Å². The Hall–Kier alpha value is -3.48. The summed E-state index contributed by atoms with van der Waals surface area (Å²) in [6.07, 6.45) is 0.849. The van der Waals surface area contributed by atoms with Crippen LogP contribution in [0.4, 0.5) is 14.5 Å². The number of aromatic nitrogens is 1. The second-order valence-electron chi connectivity index (χ2n) is 6.39. The first-order chi connectivity index (χ1) is 13.6. The maximum Gasteiger partial charge on any atom is 0.258 e. The van der Waals surface area contributed by atoms with Gasteiger partial charge in [0.25, 0.3) is 5.91 Å². The molecule has 2 aromatic carbocycles. The fourth-order valence-electron chi connectivity index (χ4n) is 3.23. The highest BCUT2D eigenvalue weighted by molar-refractivity contribution is 5.98. The van der Waals surface area contributed by atoms with Crippen LogP contribution >= 0.6 is 0 Å². The Morgan fingerprint density at radius 2 is 1.93 bits per heavy atom. The smallest absolute Gasteiger partial charge is 0.258 e. The molecule has 1 N–H and O–H groups in total. The van der Waals surface area contributed by atoms with Crippen molar-refractivity contribution in [1.82, 2.24) is 9.88 Å². The van der Waals surface area contributed by atoms with Crippen molar-refractivity contribution in [2.45, 2.75) is 12.7 Å². The summed E-state index contributed by atoms with van der Waals surface area (Å²) in [5.41, 5.74) is 1.75. The molecule has 0 radical (unpaired) electrons. The lowest BCUT2D eigenvalue weighted by Crippen LogP contribution is -2.32. The number of hydrogen-bond donors (Lipinski definition) is 1. The predicted molar refractivity (Wildman–Crippen MR) is 99.8 cm³/mol. The van der Waals surface area contributed by atoms with Gasteiger partial charge in [-0.25, -0.2) is 8.78 Å². The molecule has 1 atom stereocenters. The first-order valence-corrected chi connectivity index (χ1v) is 8.67. The standard InChI is InChI=1S/C21H17F2N3O2/c1-28-15-7-4-13(5-8-15)12-26-20(19-16(21(26)27)3-2-10-24-19)25-18-11-14(22)6-9-17(18)23/h2-11,20,25H,12H2,1H3. The Labute approximate surface area is 160 Å². The molecule has 0 aliphatic carbocycles. The minimum absolute atomic E-state index is 0.0315. The van der Waals surface area contributed by atoms with Gasteiger partial charge in [0.15, 0.2) is 0 Å². The van der Waals surface area contributed by atoms with E-state index in [1.807, 2.05) is 12.1 Å². The van der Waals surface area contributed by atoms with Crippen LogP contribution in [0.5, 0.6) is 5.75 Å². The quantitative estimate of drug-likeness (QED) is 0.722. The topological polar surface area (TPSA) is 54.5 Å². The molecule has 1 aromatic heterocycles. The number of nitrogens with zero attached hydrogens (tertiary/aromatic N) is 2. The Morgan fingerprint density at radius 1 is 1.14 bits per heavy atom. The molecular weight excluding hydrogens is 364 g/mol. The molecule has 2 heterocycles. The third kappa shape index (κ3) is 3.26. The number of nitrogens with one attached hydrogen (secondary N) is 1. The Kier molecular flexibility index (Phi) is 4.65. The van der Waals surface area contributed by atoms with E-state index in [1.54, 1.807) is 42.5 Å². The highest BCUT2D eigenvalue weighted by Gasteiger charge is 2.38. The van der Waals surface area contributed by atoms with E-state index in [1.165, 1.54) is 0 Å². The van der Waals surface area contributed by atoms with E-state index in [4.69, 9.17) is 4.74 Å². The number of pyridine rings is 1. The number of ether oxygens (including phenoxy) is 1. The molecule has 1 unspecified atom stereocenters. The fourth-order valence-corrected chi connectivity index (χ4v) is 3.23. The Morgan fingerprint density at radius 3 is 2.68 bits per heavy atom. The van der Waals surface area contributed by atoms with Crippen molar-refractivity contribution in [3.05, 3.63) is 89.2 Å². The van der Waals surface area contributed by atoms with Crippen LogP contribution in [0.1, 0.15) is 27.8 Å². The van der Waals surface area contributed by atoms with E-state index in [2.05, 4.69) is 10.3 Å². The molecule has 5 nitrogen and oxygen atoms in total. The molecule has 3 aromatic rings. The summed E-state index contributed by atoms with van der Waals surface area (Å²) in [6.45, 7) is 0.272. The molecule has 0 spiro atoms. The van der Waals surface area contributed by atoms with Gasteiger partial charge >= 0.3 is 0 Å². The van der Waals surface area contributed by atoms with Crippen molar-refractivity contribution in [1.29, 1.82) is 0 Å². The van der Waals surface area contributed by atoms with E-state index < -0.39 is 17.8 Å². The van der Waals surface area contributed by atoms with Gasteiger partial charge in [0.1, 0.15) is 23.5 Å². The average Bonchev–Trinajstić information content (AvgIpc) is 2.97. The van der Waals surface area contributed by atoms with Gasteiger partial charge in [-0.1, -0.05) is 12.1 Å². The van der Waals surface area contributed by atoms with Crippen LogP contribution in [0.3, 0.4) is 0 Å². The summed E-state index contributed by atoms with van der Waals surface area (Å²) >= 11 is 0. The number of benzene rings is 2. The lowest BCUT2D eigenvalue weighted by Gasteiger charge is -2.27. The number of rotatable bonds is 5. The summed E-state index contributed by atoms with van der Waals surface area (Å²) in [5, 5.41) is 2.93. The highest BCUT2D eigenvalue weighted by Crippen LogP contribution is 2.35. The summed E-state index contributed by atoms with van der Waals surface area (Å²) < 4.78 is 32.9. The Bertz CT molecular complexity index is 1020. The van der Waals surface area contributed by atoms with Crippen LogP contribution < -0.4 is 10.1 Å². The predicted octanol–water partition coefficient (Wildman–Crippen LogP) is 4.14.